The van der Waals surface area contributed by atoms with E-state index in [0.717, 1.165) is 9.37 Å². The van der Waals surface area contributed by atoms with Gasteiger partial charge < -0.3 is 0 Å². The van der Waals surface area contributed by atoms with Crippen molar-refractivity contribution in [2.45, 2.75) is 4.90 Å². The van der Waals surface area contributed by atoms with Crippen molar-refractivity contribution in [3.63, 3.8) is 0 Å². The number of hydrogen-bond acceptors (Lipinski definition) is 1. The Morgan fingerprint density at radius 1 is 1.08 bits per heavy atom. The molecule has 0 unspecified atom stereocenters. The van der Waals surface area contributed by atoms with Crippen LogP contribution < -0.4 is 0 Å². The molecular weight excluding hydrogens is 268 g/mol. The second kappa shape index (κ2) is 3.91. The van der Waals surface area contributed by atoms with E-state index in [2.05, 4.69) is 34.1 Å². The van der Waals surface area contributed by atoms with Crippen LogP contribution in [-0.4, -0.2) is 0 Å². The highest BCUT2D eigenvalue weighted by atomic mass is 79.9. The average molecular weight is 274 g/mol. The average Bonchev–Trinajstić information content (AvgIpc) is 2.18. The molecule has 66 valence electrons. The SMILES string of the molecule is ClSc1c(Br)ccc2ccccc12. The minimum atomic E-state index is 1.05. The third-order valence-corrected chi connectivity index (χ3v) is 3.89. The summed E-state index contributed by atoms with van der Waals surface area (Å²) in [6.45, 7) is 0. The molecule has 0 spiro atoms. The van der Waals surface area contributed by atoms with Crippen LogP contribution in [0.4, 0.5) is 0 Å². The Morgan fingerprint density at radius 2 is 1.85 bits per heavy atom. The van der Waals surface area contributed by atoms with Crippen molar-refractivity contribution >= 4 is 48.4 Å². The molecule has 0 aliphatic carbocycles. The Morgan fingerprint density at radius 3 is 2.62 bits per heavy atom. The molecule has 2 aromatic rings. The molecule has 0 aromatic heterocycles. The lowest BCUT2D eigenvalue weighted by molar-refractivity contribution is 1.49. The Hall–Kier alpha value is -0.180. The zero-order chi connectivity index (χ0) is 9.26. The Balaban J connectivity index is 2.84. The Labute approximate surface area is 93.9 Å². The standard InChI is InChI=1S/C10H6BrClS/c11-9-6-5-7-3-1-2-4-8(7)10(9)13-12/h1-6H. The van der Waals surface area contributed by atoms with Gasteiger partial charge in [-0.15, -0.1) is 0 Å². The zero-order valence-corrected chi connectivity index (χ0v) is 9.79. The van der Waals surface area contributed by atoms with Gasteiger partial charge in [-0.1, -0.05) is 30.3 Å². The molecule has 0 aliphatic heterocycles. The van der Waals surface area contributed by atoms with E-state index < -0.39 is 0 Å². The molecule has 0 atom stereocenters. The molecule has 0 aliphatic rings. The number of hydrogen-bond donors (Lipinski definition) is 0. The lowest BCUT2D eigenvalue weighted by Crippen LogP contribution is -1.76. The second-order valence-electron chi connectivity index (χ2n) is 2.67. The lowest BCUT2D eigenvalue weighted by atomic mass is 10.1. The van der Waals surface area contributed by atoms with Crippen LogP contribution in [0, 0.1) is 0 Å². The van der Waals surface area contributed by atoms with Crippen molar-refractivity contribution in [1.82, 2.24) is 0 Å². The summed E-state index contributed by atoms with van der Waals surface area (Å²) in [5, 5.41) is 2.41. The first kappa shape index (κ1) is 9.38. The summed E-state index contributed by atoms with van der Waals surface area (Å²) in [4.78, 5) is 1.08. The van der Waals surface area contributed by atoms with Gasteiger partial charge in [0.1, 0.15) is 0 Å². The molecule has 2 aromatic carbocycles. The van der Waals surface area contributed by atoms with Crippen LogP contribution in [-0.2, 0) is 0 Å². The van der Waals surface area contributed by atoms with Gasteiger partial charge in [0.2, 0.25) is 0 Å². The maximum Gasteiger partial charge on any atom is 0.0453 e. The van der Waals surface area contributed by atoms with Crippen LogP contribution in [0.1, 0.15) is 0 Å². The maximum absolute atomic E-state index is 5.80. The van der Waals surface area contributed by atoms with Crippen LogP contribution >= 0.6 is 37.6 Å². The number of rotatable bonds is 1. The van der Waals surface area contributed by atoms with Gasteiger partial charge in [-0.05, 0) is 54.4 Å². The Bertz CT molecular complexity index is 442. The first-order valence-corrected chi connectivity index (χ1v) is 6.22. The van der Waals surface area contributed by atoms with Crippen LogP contribution in [0.2, 0.25) is 0 Å². The van der Waals surface area contributed by atoms with E-state index in [9.17, 15) is 0 Å². The fourth-order valence-electron chi connectivity index (χ4n) is 1.29. The monoisotopic (exact) mass is 272 g/mol. The molecular formula is C10H6BrClS. The molecule has 0 bridgehead atoms. The van der Waals surface area contributed by atoms with Gasteiger partial charge in [-0.2, -0.15) is 0 Å². The van der Waals surface area contributed by atoms with Gasteiger partial charge in [-0.25, -0.2) is 0 Å². The molecule has 0 saturated heterocycles. The molecule has 3 heteroatoms. The van der Waals surface area contributed by atoms with Gasteiger partial charge in [-0.3, -0.25) is 0 Å². The highest BCUT2D eigenvalue weighted by molar-refractivity contribution is 9.10. The zero-order valence-electron chi connectivity index (χ0n) is 6.63. The minimum absolute atomic E-state index is 1.05. The number of benzene rings is 2. The molecule has 13 heavy (non-hydrogen) atoms. The summed E-state index contributed by atoms with van der Waals surface area (Å²) >= 11 is 3.47. The number of fused-ring (bicyclic) bond motifs is 1. The first-order chi connectivity index (χ1) is 6.33. The van der Waals surface area contributed by atoms with Crippen LogP contribution in [0.25, 0.3) is 10.8 Å². The van der Waals surface area contributed by atoms with Gasteiger partial charge >= 0.3 is 0 Å². The maximum atomic E-state index is 5.80. The van der Waals surface area contributed by atoms with Crippen LogP contribution in [0.5, 0.6) is 0 Å². The molecule has 0 nitrogen and oxygen atoms in total. The topological polar surface area (TPSA) is 0 Å². The van der Waals surface area contributed by atoms with E-state index in [0.29, 0.717) is 0 Å². The molecule has 2 rings (SSSR count). The van der Waals surface area contributed by atoms with Crippen molar-refractivity contribution in [2.24, 2.45) is 0 Å². The first-order valence-electron chi connectivity index (χ1n) is 3.79. The van der Waals surface area contributed by atoms with E-state index in [-0.39, 0.29) is 0 Å². The molecule has 0 N–H and O–H groups in total. The van der Waals surface area contributed by atoms with Gasteiger partial charge in [0.15, 0.2) is 0 Å². The van der Waals surface area contributed by atoms with E-state index >= 15 is 0 Å². The quantitative estimate of drug-likeness (QED) is 0.716. The van der Waals surface area contributed by atoms with E-state index in [4.69, 9.17) is 10.7 Å². The smallest absolute Gasteiger partial charge is 0.0453 e. The molecule has 0 saturated carbocycles. The van der Waals surface area contributed by atoms with Gasteiger partial charge in [0.25, 0.3) is 0 Å². The summed E-state index contributed by atoms with van der Waals surface area (Å²) in [5.41, 5.74) is 0. The lowest BCUT2D eigenvalue weighted by Gasteiger charge is -2.04. The van der Waals surface area contributed by atoms with E-state index in [1.54, 1.807) is 0 Å². The van der Waals surface area contributed by atoms with Crippen LogP contribution in [0.15, 0.2) is 45.8 Å². The summed E-state index contributed by atoms with van der Waals surface area (Å²) in [7, 11) is 7.05. The van der Waals surface area contributed by atoms with Crippen LogP contribution in [0.3, 0.4) is 0 Å². The highest BCUT2D eigenvalue weighted by Crippen LogP contribution is 2.36. The van der Waals surface area contributed by atoms with Crippen molar-refractivity contribution in [3.8, 4) is 0 Å². The van der Waals surface area contributed by atoms with E-state index in [1.807, 2.05) is 18.2 Å². The highest BCUT2D eigenvalue weighted by Gasteiger charge is 2.04. The fourth-order valence-corrected chi connectivity index (χ4v) is 3.07. The summed E-state index contributed by atoms with van der Waals surface area (Å²) < 4.78 is 1.05. The molecule has 0 fully saturated rings. The summed E-state index contributed by atoms with van der Waals surface area (Å²) in [6, 6.07) is 12.3. The fraction of sp³-hybridized carbons (Fsp3) is 0. The third-order valence-electron chi connectivity index (χ3n) is 1.91. The number of halogens is 2. The van der Waals surface area contributed by atoms with Crippen molar-refractivity contribution in [3.05, 3.63) is 40.9 Å². The Kier molecular flexibility index (Phi) is 2.82. The van der Waals surface area contributed by atoms with E-state index in [1.165, 1.54) is 21.7 Å². The summed E-state index contributed by atoms with van der Waals surface area (Å²) in [6.07, 6.45) is 0. The minimum Gasteiger partial charge on any atom is -0.0616 e. The predicted octanol–water partition coefficient (Wildman–Crippen LogP) is 4.85. The molecule has 0 heterocycles. The largest absolute Gasteiger partial charge is 0.0616 e. The second-order valence-corrected chi connectivity index (χ2v) is 4.55. The van der Waals surface area contributed by atoms with Gasteiger partial charge in [0, 0.05) is 9.37 Å². The van der Waals surface area contributed by atoms with Crippen molar-refractivity contribution in [2.75, 3.05) is 0 Å². The van der Waals surface area contributed by atoms with Crippen molar-refractivity contribution < 1.29 is 0 Å². The molecule has 0 radical (unpaired) electrons. The molecule has 0 amide bonds. The van der Waals surface area contributed by atoms with Gasteiger partial charge in [0.05, 0.1) is 0 Å². The normalized spacial score (nSPS) is 10.6. The van der Waals surface area contributed by atoms with Crippen molar-refractivity contribution in [1.29, 1.82) is 0 Å². The predicted molar refractivity (Wildman–Crippen MR) is 63.4 cm³/mol. The summed E-state index contributed by atoms with van der Waals surface area (Å²) in [5.74, 6) is 0. The third kappa shape index (κ3) is 1.71.